The van der Waals surface area contributed by atoms with Crippen molar-refractivity contribution in [3.8, 4) is 0 Å². The van der Waals surface area contributed by atoms with Gasteiger partial charge in [-0.3, -0.25) is 4.79 Å². The van der Waals surface area contributed by atoms with E-state index in [2.05, 4.69) is 0 Å². The third kappa shape index (κ3) is 5.36. The van der Waals surface area contributed by atoms with Crippen molar-refractivity contribution in [1.82, 2.24) is 0 Å². The predicted octanol–water partition coefficient (Wildman–Crippen LogP) is 2.16. The van der Waals surface area contributed by atoms with Gasteiger partial charge in [-0.25, -0.2) is 0 Å². The van der Waals surface area contributed by atoms with Crippen LogP contribution in [0.25, 0.3) is 0 Å². The molecule has 1 fully saturated rings. The zero-order valence-corrected chi connectivity index (χ0v) is 11.0. The monoisotopic (exact) mass is 283 g/mol. The molecular formula is C12H20F3NO3. The highest BCUT2D eigenvalue weighted by molar-refractivity contribution is 5.81. The molecule has 0 aromatic carbocycles. The Morgan fingerprint density at radius 1 is 1.47 bits per heavy atom. The van der Waals surface area contributed by atoms with E-state index in [1.807, 2.05) is 0 Å². The summed E-state index contributed by atoms with van der Waals surface area (Å²) in [5.41, 5.74) is 4.87. The van der Waals surface area contributed by atoms with Crippen molar-refractivity contribution in [2.24, 2.45) is 5.73 Å². The molecule has 1 aliphatic carbocycles. The fourth-order valence-electron chi connectivity index (χ4n) is 2.15. The van der Waals surface area contributed by atoms with Crippen molar-refractivity contribution < 1.29 is 27.4 Å². The number of esters is 1. The van der Waals surface area contributed by atoms with Crippen molar-refractivity contribution in [3.63, 3.8) is 0 Å². The smallest absolute Gasteiger partial charge is 0.389 e. The van der Waals surface area contributed by atoms with E-state index in [0.29, 0.717) is 19.3 Å². The zero-order chi connectivity index (χ0) is 14.5. The first-order chi connectivity index (χ1) is 8.77. The Labute approximate surface area is 110 Å². The highest BCUT2D eigenvalue weighted by Gasteiger charge is 2.43. The summed E-state index contributed by atoms with van der Waals surface area (Å²) >= 11 is 0. The van der Waals surface area contributed by atoms with Gasteiger partial charge in [-0.15, -0.1) is 0 Å². The second-order valence-corrected chi connectivity index (χ2v) is 4.83. The van der Waals surface area contributed by atoms with Crippen molar-refractivity contribution in [2.45, 2.75) is 56.8 Å². The second-order valence-electron chi connectivity index (χ2n) is 4.83. The number of hydrogen-bond acceptors (Lipinski definition) is 4. The fraction of sp³-hybridized carbons (Fsp3) is 0.917. The van der Waals surface area contributed by atoms with Crippen LogP contribution in [0.4, 0.5) is 13.2 Å². The summed E-state index contributed by atoms with van der Waals surface area (Å²) in [5.74, 6) is -0.462. The number of carbonyl (C=O) groups is 1. The number of halogens is 3. The number of ether oxygens (including phenoxy) is 2. The van der Waals surface area contributed by atoms with Crippen molar-refractivity contribution in [1.29, 1.82) is 0 Å². The average molecular weight is 283 g/mol. The van der Waals surface area contributed by atoms with Crippen LogP contribution < -0.4 is 5.73 Å². The maximum atomic E-state index is 11.9. The number of alkyl halides is 3. The number of nitrogens with two attached hydrogens (primary N) is 1. The highest BCUT2D eigenvalue weighted by atomic mass is 19.4. The van der Waals surface area contributed by atoms with Crippen molar-refractivity contribution in [2.75, 3.05) is 13.2 Å². The molecule has 4 nitrogen and oxygen atoms in total. The van der Waals surface area contributed by atoms with Crippen molar-refractivity contribution in [3.05, 3.63) is 0 Å². The van der Waals surface area contributed by atoms with Crippen LogP contribution in [0.2, 0.25) is 0 Å². The summed E-state index contributed by atoms with van der Waals surface area (Å²) in [6.07, 6.45) is -4.03. The first-order valence-electron chi connectivity index (χ1n) is 6.41. The molecule has 0 amide bonds. The van der Waals surface area contributed by atoms with Gasteiger partial charge < -0.3 is 15.2 Å². The minimum Gasteiger partial charge on any atom is -0.465 e. The van der Waals surface area contributed by atoms with Crippen molar-refractivity contribution >= 4 is 5.97 Å². The standard InChI is InChI=1S/C12H20F3NO3/c1-2-18-10(17)11(16)6-4-9(8-11)19-7-3-5-12(13,14)15/h9H,2-8,16H2,1H3. The lowest BCUT2D eigenvalue weighted by Gasteiger charge is -2.21. The van der Waals surface area contributed by atoms with E-state index in [9.17, 15) is 18.0 Å². The van der Waals surface area contributed by atoms with E-state index in [1.165, 1.54) is 0 Å². The van der Waals surface area contributed by atoms with Crippen LogP contribution in [0.1, 0.15) is 39.0 Å². The first kappa shape index (κ1) is 16.2. The molecule has 7 heteroatoms. The molecule has 0 saturated heterocycles. The molecule has 0 aromatic heterocycles. The molecule has 0 spiro atoms. The Morgan fingerprint density at radius 3 is 2.74 bits per heavy atom. The molecule has 2 atom stereocenters. The average Bonchev–Trinajstić information content (AvgIpc) is 2.67. The molecule has 0 bridgehead atoms. The lowest BCUT2D eigenvalue weighted by atomic mass is 9.99. The maximum absolute atomic E-state index is 11.9. The molecule has 0 radical (unpaired) electrons. The summed E-state index contributed by atoms with van der Waals surface area (Å²) in [5, 5.41) is 0. The number of rotatable bonds is 6. The van der Waals surface area contributed by atoms with Gasteiger partial charge in [-0.05, 0) is 26.2 Å². The molecule has 0 aromatic rings. The largest absolute Gasteiger partial charge is 0.465 e. The molecule has 2 unspecified atom stereocenters. The van der Waals surface area contributed by atoms with E-state index >= 15 is 0 Å². The Balaban J connectivity index is 2.27. The molecule has 1 rings (SSSR count). The predicted molar refractivity (Wildman–Crippen MR) is 62.4 cm³/mol. The maximum Gasteiger partial charge on any atom is 0.389 e. The Kier molecular flexibility index (Phi) is 5.61. The van der Waals surface area contributed by atoms with E-state index in [1.54, 1.807) is 6.92 Å². The summed E-state index contributed by atoms with van der Waals surface area (Å²) in [4.78, 5) is 11.6. The quantitative estimate of drug-likeness (QED) is 0.599. The van der Waals surface area contributed by atoms with E-state index in [-0.39, 0.29) is 25.7 Å². The molecule has 19 heavy (non-hydrogen) atoms. The molecule has 0 heterocycles. The summed E-state index contributed by atoms with van der Waals surface area (Å²) < 4.78 is 46.0. The number of carbonyl (C=O) groups excluding carboxylic acids is 1. The van der Waals surface area contributed by atoms with Gasteiger partial charge in [0.1, 0.15) is 5.54 Å². The second kappa shape index (κ2) is 6.56. The van der Waals surface area contributed by atoms with Gasteiger partial charge in [0.15, 0.2) is 0 Å². The third-order valence-electron chi connectivity index (χ3n) is 3.14. The molecule has 1 aliphatic rings. The molecule has 112 valence electrons. The molecule has 1 saturated carbocycles. The van der Waals surface area contributed by atoms with Gasteiger partial charge in [0, 0.05) is 19.4 Å². The fourth-order valence-corrected chi connectivity index (χ4v) is 2.15. The zero-order valence-electron chi connectivity index (χ0n) is 11.0. The van der Waals surface area contributed by atoms with Gasteiger partial charge in [0.05, 0.1) is 12.7 Å². The van der Waals surface area contributed by atoms with Gasteiger partial charge in [0.2, 0.25) is 0 Å². The van der Waals surface area contributed by atoms with Crippen LogP contribution in [-0.2, 0) is 14.3 Å². The van der Waals surface area contributed by atoms with Crippen LogP contribution in [0.5, 0.6) is 0 Å². The van der Waals surface area contributed by atoms with Gasteiger partial charge in [-0.1, -0.05) is 0 Å². The van der Waals surface area contributed by atoms with Gasteiger partial charge >= 0.3 is 12.1 Å². The first-order valence-corrected chi connectivity index (χ1v) is 6.41. The minimum atomic E-state index is -4.15. The lowest BCUT2D eigenvalue weighted by Crippen LogP contribution is -2.47. The van der Waals surface area contributed by atoms with Crippen LogP contribution in [0.15, 0.2) is 0 Å². The topological polar surface area (TPSA) is 61.5 Å². The normalized spacial score (nSPS) is 27.5. The molecular weight excluding hydrogens is 263 g/mol. The lowest BCUT2D eigenvalue weighted by molar-refractivity contribution is -0.149. The van der Waals surface area contributed by atoms with Crippen LogP contribution >= 0.6 is 0 Å². The van der Waals surface area contributed by atoms with Crippen LogP contribution in [0.3, 0.4) is 0 Å². The Bertz CT molecular complexity index is 309. The van der Waals surface area contributed by atoms with E-state index in [4.69, 9.17) is 15.2 Å². The molecule has 2 N–H and O–H groups in total. The SMILES string of the molecule is CCOC(=O)C1(N)CCC(OCCCC(F)(F)F)C1. The van der Waals surface area contributed by atoms with Gasteiger partial charge in [0.25, 0.3) is 0 Å². The van der Waals surface area contributed by atoms with E-state index < -0.39 is 24.1 Å². The number of hydrogen-bond donors (Lipinski definition) is 1. The highest BCUT2D eigenvalue weighted by Crippen LogP contribution is 2.31. The van der Waals surface area contributed by atoms with E-state index in [0.717, 1.165) is 0 Å². The summed E-state index contributed by atoms with van der Waals surface area (Å²) in [6, 6.07) is 0. The van der Waals surface area contributed by atoms with Gasteiger partial charge in [-0.2, -0.15) is 13.2 Å². The third-order valence-corrected chi connectivity index (χ3v) is 3.14. The summed E-state index contributed by atoms with van der Waals surface area (Å²) in [6.45, 7) is 1.99. The van der Waals surface area contributed by atoms with Crippen LogP contribution in [0, 0.1) is 0 Å². The molecule has 0 aliphatic heterocycles. The Hall–Kier alpha value is -0.820. The Morgan fingerprint density at radius 2 is 2.16 bits per heavy atom. The summed E-state index contributed by atoms with van der Waals surface area (Å²) in [7, 11) is 0. The van der Waals surface area contributed by atoms with Crippen LogP contribution in [-0.4, -0.2) is 37.0 Å². The minimum absolute atomic E-state index is 0.0308.